The Balaban J connectivity index is 1.58. The molecule has 0 spiro atoms. The Kier molecular flexibility index (Phi) is 5.78. The molecule has 11 heteroatoms. The number of hydrogen-bond donors (Lipinski definition) is 1. The minimum Gasteiger partial charge on any atom is -0.490 e. The van der Waals surface area contributed by atoms with E-state index in [0.29, 0.717) is 52.3 Å². The van der Waals surface area contributed by atoms with E-state index in [1.54, 1.807) is 6.20 Å². The summed E-state index contributed by atoms with van der Waals surface area (Å²) in [5.74, 6) is 1.28. The van der Waals surface area contributed by atoms with Gasteiger partial charge in [-0.3, -0.25) is 4.98 Å². The molecule has 166 valence electrons. The average molecular weight is 455 g/mol. The van der Waals surface area contributed by atoms with Crippen LogP contribution in [0.3, 0.4) is 0 Å². The van der Waals surface area contributed by atoms with Crippen LogP contribution in [0.1, 0.15) is 25.1 Å². The molecule has 1 atom stereocenters. The molecule has 3 aromatic rings. The van der Waals surface area contributed by atoms with Gasteiger partial charge in [0.2, 0.25) is 0 Å². The maximum absolute atomic E-state index is 13.4. The van der Waals surface area contributed by atoms with Crippen molar-refractivity contribution in [1.29, 1.82) is 0 Å². The van der Waals surface area contributed by atoms with Crippen molar-refractivity contribution in [2.75, 3.05) is 13.2 Å². The van der Waals surface area contributed by atoms with Gasteiger partial charge in [-0.05, 0) is 20.8 Å². The topological polar surface area (TPSA) is 78.5 Å². The molecule has 1 aliphatic heterocycles. The number of pyridine rings is 1. The number of rotatable bonds is 7. The molecular formula is C20H20F3N3O4S. The molecule has 1 N–H and O–H groups in total. The predicted molar refractivity (Wildman–Crippen MR) is 108 cm³/mol. The number of aromatic amines is 1. The summed E-state index contributed by atoms with van der Waals surface area (Å²) < 4.78 is 60.8. The van der Waals surface area contributed by atoms with Crippen LogP contribution in [-0.2, 0) is 5.75 Å². The number of nitrogens with zero attached hydrogens (tertiary/aromatic N) is 2. The minimum absolute atomic E-state index is 0.130. The summed E-state index contributed by atoms with van der Waals surface area (Å²) in [5.41, 5.74) is 2.44. The molecular weight excluding hydrogens is 435 g/mol. The standard InChI is InChI=1S/C20H20F3N3O4S/c1-4-27-16-10(3)8-24-13(17(16)28-5-2)9-31-19-25-11-6-14-15(7-12(11)26-19)30-20(22,23)18(21)29-14/h6-8,18H,4-5,9H2,1-3H3,(H,25,26). The Morgan fingerprint density at radius 3 is 2.65 bits per heavy atom. The van der Waals surface area contributed by atoms with Crippen LogP contribution in [-0.4, -0.2) is 40.6 Å². The van der Waals surface area contributed by atoms with E-state index < -0.39 is 12.5 Å². The zero-order valence-electron chi connectivity index (χ0n) is 17.0. The van der Waals surface area contributed by atoms with Gasteiger partial charge in [-0.1, -0.05) is 11.8 Å². The number of halogens is 3. The highest BCUT2D eigenvalue weighted by Gasteiger charge is 2.49. The van der Waals surface area contributed by atoms with Crippen LogP contribution in [0, 0.1) is 6.92 Å². The van der Waals surface area contributed by atoms with Crippen molar-refractivity contribution in [3.8, 4) is 23.0 Å². The molecule has 1 unspecified atom stereocenters. The lowest BCUT2D eigenvalue weighted by atomic mass is 10.2. The molecule has 0 saturated carbocycles. The molecule has 0 aliphatic carbocycles. The number of nitrogens with one attached hydrogen (secondary N) is 1. The number of thioether (sulfide) groups is 1. The molecule has 31 heavy (non-hydrogen) atoms. The van der Waals surface area contributed by atoms with Gasteiger partial charge >= 0.3 is 12.5 Å². The van der Waals surface area contributed by atoms with Crippen molar-refractivity contribution in [1.82, 2.24) is 15.0 Å². The second kappa shape index (κ2) is 8.37. The molecule has 0 radical (unpaired) electrons. The Bertz CT molecular complexity index is 1110. The molecule has 0 bridgehead atoms. The van der Waals surface area contributed by atoms with Crippen molar-refractivity contribution in [3.63, 3.8) is 0 Å². The number of aromatic nitrogens is 3. The lowest BCUT2D eigenvalue weighted by Crippen LogP contribution is -2.43. The second-order valence-corrected chi connectivity index (χ2v) is 7.62. The smallest absolute Gasteiger partial charge is 0.468 e. The average Bonchev–Trinajstić information content (AvgIpc) is 3.11. The van der Waals surface area contributed by atoms with Gasteiger partial charge in [0, 0.05) is 29.6 Å². The number of benzene rings is 1. The lowest BCUT2D eigenvalue weighted by Gasteiger charge is -2.28. The Morgan fingerprint density at radius 2 is 1.90 bits per heavy atom. The fourth-order valence-electron chi connectivity index (χ4n) is 3.07. The highest BCUT2D eigenvalue weighted by atomic mass is 32.2. The number of hydrogen-bond acceptors (Lipinski definition) is 7. The molecule has 0 saturated heterocycles. The highest BCUT2D eigenvalue weighted by Crippen LogP contribution is 2.43. The van der Waals surface area contributed by atoms with Crippen molar-refractivity contribution < 1.29 is 32.1 Å². The summed E-state index contributed by atoms with van der Waals surface area (Å²) in [7, 11) is 0. The van der Waals surface area contributed by atoms with Gasteiger partial charge in [0.15, 0.2) is 28.2 Å². The van der Waals surface area contributed by atoms with Gasteiger partial charge in [-0.2, -0.15) is 13.2 Å². The zero-order chi connectivity index (χ0) is 22.2. The van der Waals surface area contributed by atoms with Gasteiger partial charge in [0.25, 0.3) is 0 Å². The normalized spacial score (nSPS) is 17.0. The maximum Gasteiger partial charge on any atom is 0.468 e. The van der Waals surface area contributed by atoms with Gasteiger partial charge in [0.1, 0.15) is 0 Å². The van der Waals surface area contributed by atoms with Crippen LogP contribution in [0.2, 0.25) is 0 Å². The fourth-order valence-corrected chi connectivity index (χ4v) is 3.89. The number of fused-ring (bicyclic) bond motifs is 2. The molecule has 7 nitrogen and oxygen atoms in total. The van der Waals surface area contributed by atoms with Crippen LogP contribution in [0.4, 0.5) is 13.2 Å². The fraction of sp³-hybridized carbons (Fsp3) is 0.400. The first-order chi connectivity index (χ1) is 14.8. The number of H-pyrrole nitrogens is 1. The second-order valence-electron chi connectivity index (χ2n) is 6.66. The first-order valence-electron chi connectivity index (χ1n) is 9.60. The first-order valence-corrected chi connectivity index (χ1v) is 10.6. The van der Waals surface area contributed by atoms with Crippen LogP contribution in [0.15, 0.2) is 23.5 Å². The molecule has 2 aromatic heterocycles. The van der Waals surface area contributed by atoms with Crippen LogP contribution in [0.25, 0.3) is 11.0 Å². The highest BCUT2D eigenvalue weighted by molar-refractivity contribution is 7.98. The summed E-state index contributed by atoms with van der Waals surface area (Å²) in [5, 5.41) is 0.517. The largest absolute Gasteiger partial charge is 0.490 e. The van der Waals surface area contributed by atoms with Gasteiger partial charge in [0.05, 0.1) is 29.9 Å². The molecule has 1 aromatic carbocycles. The predicted octanol–water partition coefficient (Wildman–Crippen LogP) is 5.02. The molecule has 0 fully saturated rings. The zero-order valence-corrected chi connectivity index (χ0v) is 17.8. The lowest BCUT2D eigenvalue weighted by molar-refractivity contribution is -0.281. The SMILES string of the molecule is CCOc1c(C)cnc(CSc2nc3cc4c(cc3[nH]2)OC(F)(F)C(F)O4)c1OCC. The molecule has 1 aliphatic rings. The Labute approximate surface area is 180 Å². The minimum atomic E-state index is -4.05. The van der Waals surface area contributed by atoms with E-state index in [0.717, 1.165) is 5.56 Å². The summed E-state index contributed by atoms with van der Waals surface area (Å²) in [6, 6.07) is 2.67. The Morgan fingerprint density at radius 1 is 1.16 bits per heavy atom. The van der Waals surface area contributed by atoms with Crippen LogP contribution in [0.5, 0.6) is 23.0 Å². The quantitative estimate of drug-likeness (QED) is 0.502. The van der Waals surface area contributed by atoms with Crippen molar-refractivity contribution in [2.24, 2.45) is 0 Å². The van der Waals surface area contributed by atoms with Crippen LogP contribution >= 0.6 is 11.8 Å². The Hall–Kier alpha value is -2.82. The first kappa shape index (κ1) is 21.4. The van der Waals surface area contributed by atoms with E-state index in [1.165, 1.54) is 23.9 Å². The monoisotopic (exact) mass is 455 g/mol. The summed E-state index contributed by atoms with van der Waals surface area (Å²) in [6.45, 7) is 6.63. The van der Waals surface area contributed by atoms with E-state index in [9.17, 15) is 13.2 Å². The third-order valence-corrected chi connectivity index (χ3v) is 5.31. The number of ether oxygens (including phenoxy) is 4. The van der Waals surface area contributed by atoms with Gasteiger partial charge < -0.3 is 23.9 Å². The number of alkyl halides is 3. The summed E-state index contributed by atoms with van der Waals surface area (Å²) >= 11 is 1.35. The van der Waals surface area contributed by atoms with Crippen molar-refractivity contribution in [3.05, 3.63) is 29.6 Å². The van der Waals surface area contributed by atoms with Crippen LogP contribution < -0.4 is 18.9 Å². The van der Waals surface area contributed by atoms with Crippen molar-refractivity contribution in [2.45, 2.75) is 44.1 Å². The maximum atomic E-state index is 13.4. The van der Waals surface area contributed by atoms with E-state index in [1.807, 2.05) is 20.8 Å². The van der Waals surface area contributed by atoms with E-state index in [2.05, 4.69) is 24.4 Å². The summed E-state index contributed by atoms with van der Waals surface area (Å²) in [4.78, 5) is 11.9. The molecule has 0 amide bonds. The number of aryl methyl sites for hydroxylation is 1. The van der Waals surface area contributed by atoms with Crippen molar-refractivity contribution >= 4 is 22.8 Å². The van der Waals surface area contributed by atoms with E-state index in [-0.39, 0.29) is 11.5 Å². The third kappa shape index (κ3) is 4.18. The van der Waals surface area contributed by atoms with Gasteiger partial charge in [-0.15, -0.1) is 0 Å². The summed E-state index contributed by atoms with van der Waals surface area (Å²) in [6.07, 6.45) is -5.21. The van der Waals surface area contributed by atoms with E-state index in [4.69, 9.17) is 9.47 Å². The number of imidazole rings is 1. The van der Waals surface area contributed by atoms with Gasteiger partial charge in [-0.25, -0.2) is 4.98 Å². The van der Waals surface area contributed by atoms with E-state index >= 15 is 0 Å². The molecule has 3 heterocycles. The third-order valence-electron chi connectivity index (χ3n) is 4.43. The molecule has 4 rings (SSSR count).